The molecule has 0 spiro atoms. The van der Waals surface area contributed by atoms with E-state index in [-0.39, 0.29) is 6.61 Å². The van der Waals surface area contributed by atoms with Crippen molar-refractivity contribution in [3.05, 3.63) is 0 Å². The van der Waals surface area contributed by atoms with E-state index >= 15 is 0 Å². The Hall–Kier alpha value is -0.160. The van der Waals surface area contributed by atoms with Crippen LogP contribution in [-0.4, -0.2) is 66.3 Å². The van der Waals surface area contributed by atoms with Gasteiger partial charge in [-0.3, -0.25) is 0 Å². The second-order valence-electron chi connectivity index (χ2n) is 5.19. The van der Waals surface area contributed by atoms with Crippen LogP contribution in [0.5, 0.6) is 0 Å². The number of nitrogens with zero attached hydrogens (tertiary/aromatic N) is 2. The van der Waals surface area contributed by atoms with Gasteiger partial charge in [0.25, 0.3) is 0 Å². The van der Waals surface area contributed by atoms with Crippen molar-refractivity contribution in [3.63, 3.8) is 0 Å². The molecule has 0 saturated carbocycles. The first-order valence-electron chi connectivity index (χ1n) is 6.42. The largest absolute Gasteiger partial charge is 0.394 e. The normalized spacial score (nSPS) is 23.2. The summed E-state index contributed by atoms with van der Waals surface area (Å²) in [6.45, 7) is 11.2. The van der Waals surface area contributed by atoms with Gasteiger partial charge in [0.2, 0.25) is 0 Å². The number of rotatable bonds is 6. The van der Waals surface area contributed by atoms with Gasteiger partial charge in [-0.1, -0.05) is 6.92 Å². The van der Waals surface area contributed by atoms with Crippen LogP contribution in [0.25, 0.3) is 0 Å². The van der Waals surface area contributed by atoms with Crippen LogP contribution in [-0.2, 0) is 0 Å². The Bertz CT molecular complexity index is 189. The Morgan fingerprint density at radius 1 is 1.19 bits per heavy atom. The van der Waals surface area contributed by atoms with E-state index < -0.39 is 5.54 Å². The third-order valence-corrected chi connectivity index (χ3v) is 3.50. The second-order valence-corrected chi connectivity index (χ2v) is 5.19. The molecule has 1 atom stereocenters. The fourth-order valence-electron chi connectivity index (χ4n) is 2.11. The molecule has 0 aromatic rings. The molecule has 4 nitrogen and oxygen atoms in total. The highest BCUT2D eigenvalue weighted by Gasteiger charge is 2.18. The highest BCUT2D eigenvalue weighted by Crippen LogP contribution is 2.09. The van der Waals surface area contributed by atoms with Crippen LogP contribution in [0.4, 0.5) is 0 Å². The average Bonchev–Trinajstić information content (AvgIpc) is 2.30. The maximum atomic E-state index is 9.05. The molecule has 0 aromatic carbocycles. The predicted octanol–water partition coefficient (Wildman–Crippen LogP) is 0.114. The quantitative estimate of drug-likeness (QED) is 0.679. The monoisotopic (exact) mass is 229 g/mol. The van der Waals surface area contributed by atoms with Crippen molar-refractivity contribution in [1.29, 1.82) is 0 Å². The first-order chi connectivity index (χ1) is 7.57. The number of hydrogen-bond acceptors (Lipinski definition) is 4. The van der Waals surface area contributed by atoms with Crippen molar-refractivity contribution in [2.24, 2.45) is 5.73 Å². The molecule has 4 heteroatoms. The molecule has 1 saturated heterocycles. The van der Waals surface area contributed by atoms with Crippen LogP contribution >= 0.6 is 0 Å². The first-order valence-corrected chi connectivity index (χ1v) is 6.42. The zero-order valence-corrected chi connectivity index (χ0v) is 10.8. The lowest BCUT2D eigenvalue weighted by molar-refractivity contribution is 0.129. The van der Waals surface area contributed by atoms with Gasteiger partial charge in [0, 0.05) is 31.7 Å². The van der Waals surface area contributed by atoms with Gasteiger partial charge in [0.15, 0.2) is 0 Å². The predicted molar refractivity (Wildman–Crippen MR) is 67.5 cm³/mol. The molecule has 1 aliphatic heterocycles. The van der Waals surface area contributed by atoms with E-state index in [1.54, 1.807) is 0 Å². The Morgan fingerprint density at radius 2 is 1.75 bits per heavy atom. The van der Waals surface area contributed by atoms with E-state index in [9.17, 15) is 0 Å². The Balaban J connectivity index is 2.11. The van der Waals surface area contributed by atoms with E-state index in [1.807, 2.05) is 6.92 Å². The zero-order chi connectivity index (χ0) is 12.0. The molecule has 1 rings (SSSR count). The molecule has 1 aliphatic rings. The molecule has 16 heavy (non-hydrogen) atoms. The van der Waals surface area contributed by atoms with Crippen molar-refractivity contribution >= 4 is 0 Å². The van der Waals surface area contributed by atoms with Crippen LogP contribution in [0.1, 0.15) is 26.7 Å². The number of hydrogen-bond donors (Lipinski definition) is 2. The lowest BCUT2D eigenvalue weighted by Crippen LogP contribution is -2.47. The zero-order valence-electron chi connectivity index (χ0n) is 10.8. The summed E-state index contributed by atoms with van der Waals surface area (Å²) in [5.74, 6) is 0. The van der Waals surface area contributed by atoms with Gasteiger partial charge < -0.3 is 20.6 Å². The summed E-state index contributed by atoms with van der Waals surface area (Å²) in [6.07, 6.45) is 1.98. The van der Waals surface area contributed by atoms with Crippen LogP contribution in [0, 0.1) is 0 Å². The van der Waals surface area contributed by atoms with E-state index in [0.29, 0.717) is 0 Å². The lowest BCUT2D eigenvalue weighted by atomic mass is 9.98. The van der Waals surface area contributed by atoms with Crippen molar-refractivity contribution in [1.82, 2.24) is 9.80 Å². The molecule has 3 N–H and O–H groups in total. The molecule has 1 fully saturated rings. The minimum atomic E-state index is -0.398. The fourth-order valence-corrected chi connectivity index (χ4v) is 2.11. The van der Waals surface area contributed by atoms with E-state index in [1.165, 1.54) is 32.7 Å². The summed E-state index contributed by atoms with van der Waals surface area (Å²) in [6, 6.07) is 0. The fraction of sp³-hybridized carbons (Fsp3) is 1.00. The highest BCUT2D eigenvalue weighted by molar-refractivity contribution is 4.78. The molecule has 96 valence electrons. The summed E-state index contributed by atoms with van der Waals surface area (Å²) in [5, 5.41) is 9.05. The number of likely N-dealkylation sites (N-methyl/N-ethyl adjacent to an activating group) is 1. The molecule has 1 heterocycles. The van der Waals surface area contributed by atoms with Gasteiger partial charge in [-0.15, -0.1) is 0 Å². The SMILES string of the molecule is CCN1CCN(CCCC(C)(N)CO)CC1. The number of aliphatic hydroxyl groups is 1. The van der Waals surface area contributed by atoms with Crippen LogP contribution in [0.2, 0.25) is 0 Å². The molecule has 0 radical (unpaired) electrons. The maximum absolute atomic E-state index is 9.05. The van der Waals surface area contributed by atoms with Gasteiger partial charge in [-0.05, 0) is 32.9 Å². The van der Waals surface area contributed by atoms with Crippen molar-refractivity contribution < 1.29 is 5.11 Å². The highest BCUT2D eigenvalue weighted by atomic mass is 16.3. The minimum Gasteiger partial charge on any atom is -0.394 e. The van der Waals surface area contributed by atoms with Gasteiger partial charge in [0.1, 0.15) is 0 Å². The maximum Gasteiger partial charge on any atom is 0.0608 e. The summed E-state index contributed by atoms with van der Waals surface area (Å²) >= 11 is 0. The molecule has 0 aliphatic carbocycles. The van der Waals surface area contributed by atoms with Crippen molar-refractivity contribution in [2.45, 2.75) is 32.2 Å². The molecule has 1 unspecified atom stereocenters. The average molecular weight is 229 g/mol. The standard InChI is InChI=1S/C12H27N3O/c1-3-14-7-9-15(10-8-14)6-4-5-12(2,13)11-16/h16H,3-11,13H2,1-2H3. The van der Waals surface area contributed by atoms with E-state index in [4.69, 9.17) is 10.8 Å². The van der Waals surface area contributed by atoms with Gasteiger partial charge >= 0.3 is 0 Å². The third-order valence-electron chi connectivity index (χ3n) is 3.50. The van der Waals surface area contributed by atoms with Crippen LogP contribution in [0.15, 0.2) is 0 Å². The van der Waals surface area contributed by atoms with Gasteiger partial charge in [-0.2, -0.15) is 0 Å². The smallest absolute Gasteiger partial charge is 0.0608 e. The molecule has 0 amide bonds. The second kappa shape index (κ2) is 6.55. The van der Waals surface area contributed by atoms with Gasteiger partial charge in [0.05, 0.1) is 6.61 Å². The number of aliphatic hydroxyl groups excluding tert-OH is 1. The Morgan fingerprint density at radius 3 is 2.25 bits per heavy atom. The number of piperazine rings is 1. The number of nitrogens with two attached hydrogens (primary N) is 1. The Kier molecular flexibility index (Phi) is 5.69. The molecular weight excluding hydrogens is 202 g/mol. The van der Waals surface area contributed by atoms with Crippen molar-refractivity contribution in [2.75, 3.05) is 45.9 Å². The van der Waals surface area contributed by atoms with Crippen molar-refractivity contribution in [3.8, 4) is 0 Å². The molecule has 0 bridgehead atoms. The molecular formula is C12H27N3O. The Labute approximate surface area is 99.4 Å². The third kappa shape index (κ3) is 4.78. The summed E-state index contributed by atoms with van der Waals surface area (Å²) in [5.41, 5.74) is 5.50. The summed E-state index contributed by atoms with van der Waals surface area (Å²) in [7, 11) is 0. The van der Waals surface area contributed by atoms with E-state index in [0.717, 1.165) is 19.4 Å². The first kappa shape index (κ1) is 13.9. The van der Waals surface area contributed by atoms with E-state index in [2.05, 4.69) is 16.7 Å². The summed E-state index contributed by atoms with van der Waals surface area (Å²) in [4.78, 5) is 4.98. The summed E-state index contributed by atoms with van der Waals surface area (Å²) < 4.78 is 0. The molecule has 0 aromatic heterocycles. The lowest BCUT2D eigenvalue weighted by Gasteiger charge is -2.34. The van der Waals surface area contributed by atoms with Crippen LogP contribution in [0.3, 0.4) is 0 Å². The topological polar surface area (TPSA) is 52.7 Å². The van der Waals surface area contributed by atoms with Gasteiger partial charge in [-0.25, -0.2) is 0 Å². The van der Waals surface area contributed by atoms with Crippen LogP contribution < -0.4 is 5.73 Å². The minimum absolute atomic E-state index is 0.0800.